The Morgan fingerprint density at radius 1 is 1.38 bits per heavy atom. The van der Waals surface area contributed by atoms with E-state index < -0.39 is 0 Å². The van der Waals surface area contributed by atoms with Crippen molar-refractivity contribution >= 4 is 11.0 Å². The summed E-state index contributed by atoms with van der Waals surface area (Å²) in [6.45, 7) is 7.32. The smallest absolute Gasteiger partial charge is 0.125 e. The minimum absolute atomic E-state index is 0.0957. The Labute approximate surface area is 125 Å². The summed E-state index contributed by atoms with van der Waals surface area (Å²) >= 11 is 0. The molecule has 1 saturated heterocycles. The molecule has 2 aromatic rings. The van der Waals surface area contributed by atoms with Crippen molar-refractivity contribution in [2.45, 2.75) is 51.5 Å². The van der Waals surface area contributed by atoms with E-state index in [-0.39, 0.29) is 11.2 Å². The van der Waals surface area contributed by atoms with Crippen LogP contribution in [-0.4, -0.2) is 22.6 Å². The van der Waals surface area contributed by atoms with E-state index in [0.29, 0.717) is 0 Å². The third kappa shape index (κ3) is 2.46. The molecule has 0 aliphatic carbocycles. The van der Waals surface area contributed by atoms with E-state index in [1.807, 2.05) is 6.07 Å². The molecule has 0 amide bonds. The second kappa shape index (κ2) is 5.76. The van der Waals surface area contributed by atoms with Crippen molar-refractivity contribution in [3.8, 4) is 0 Å². The molecule has 114 valence electrons. The molecular formula is C17H24FN3. The van der Waals surface area contributed by atoms with Gasteiger partial charge in [-0.2, -0.15) is 0 Å². The van der Waals surface area contributed by atoms with Crippen LogP contribution in [0.5, 0.6) is 0 Å². The Morgan fingerprint density at radius 3 is 2.90 bits per heavy atom. The van der Waals surface area contributed by atoms with Crippen molar-refractivity contribution < 1.29 is 4.39 Å². The Balaban J connectivity index is 2.16. The van der Waals surface area contributed by atoms with Crippen molar-refractivity contribution in [2.24, 2.45) is 0 Å². The van der Waals surface area contributed by atoms with Gasteiger partial charge in [-0.15, -0.1) is 0 Å². The zero-order valence-corrected chi connectivity index (χ0v) is 13.0. The fourth-order valence-electron chi connectivity index (χ4n) is 3.79. The molecule has 1 fully saturated rings. The highest BCUT2D eigenvalue weighted by Crippen LogP contribution is 2.37. The fourth-order valence-corrected chi connectivity index (χ4v) is 3.79. The number of nitrogens with zero attached hydrogens (tertiary/aromatic N) is 2. The predicted octanol–water partition coefficient (Wildman–Crippen LogP) is 3.62. The van der Waals surface area contributed by atoms with Crippen molar-refractivity contribution in [3.63, 3.8) is 0 Å². The first-order valence-electron chi connectivity index (χ1n) is 8.07. The molecule has 0 radical (unpaired) electrons. The largest absolute Gasteiger partial charge is 0.328 e. The first kappa shape index (κ1) is 14.5. The number of aromatic nitrogens is 2. The van der Waals surface area contributed by atoms with Crippen LogP contribution >= 0.6 is 0 Å². The Bertz CT molecular complexity index is 621. The van der Waals surface area contributed by atoms with Gasteiger partial charge in [-0.25, -0.2) is 9.37 Å². The maximum absolute atomic E-state index is 13.5. The van der Waals surface area contributed by atoms with Crippen molar-refractivity contribution in [1.29, 1.82) is 0 Å². The summed E-state index contributed by atoms with van der Waals surface area (Å²) in [4.78, 5) is 4.84. The highest BCUT2D eigenvalue weighted by atomic mass is 19.1. The monoisotopic (exact) mass is 289 g/mol. The second-order valence-electron chi connectivity index (χ2n) is 6.12. The van der Waals surface area contributed by atoms with Crippen LogP contribution in [0, 0.1) is 5.82 Å². The number of rotatable bonds is 4. The van der Waals surface area contributed by atoms with Gasteiger partial charge in [0.2, 0.25) is 0 Å². The van der Waals surface area contributed by atoms with E-state index in [1.54, 1.807) is 6.07 Å². The van der Waals surface area contributed by atoms with Crippen molar-refractivity contribution in [1.82, 2.24) is 14.9 Å². The molecule has 2 heterocycles. The number of nitrogens with one attached hydrogen (secondary N) is 1. The van der Waals surface area contributed by atoms with Gasteiger partial charge in [-0.05, 0) is 44.9 Å². The first-order valence-corrected chi connectivity index (χ1v) is 8.07. The van der Waals surface area contributed by atoms with Crippen LogP contribution in [0.2, 0.25) is 0 Å². The second-order valence-corrected chi connectivity index (χ2v) is 6.12. The summed E-state index contributed by atoms with van der Waals surface area (Å²) in [5.74, 6) is 0.931. The van der Waals surface area contributed by atoms with E-state index >= 15 is 0 Å². The average Bonchev–Trinajstić information content (AvgIpc) is 2.86. The molecule has 1 N–H and O–H groups in total. The number of imidazole rings is 1. The summed E-state index contributed by atoms with van der Waals surface area (Å²) in [5, 5.41) is 3.54. The van der Waals surface area contributed by atoms with Crippen LogP contribution in [-0.2, 0) is 12.0 Å². The average molecular weight is 289 g/mol. The molecule has 0 bridgehead atoms. The number of hydrogen-bond acceptors (Lipinski definition) is 2. The lowest BCUT2D eigenvalue weighted by molar-refractivity contribution is 0.269. The molecule has 1 aromatic heterocycles. The van der Waals surface area contributed by atoms with Gasteiger partial charge in [-0.1, -0.05) is 13.3 Å². The normalized spacial score (nSPS) is 22.8. The van der Waals surface area contributed by atoms with Crippen LogP contribution in [0.3, 0.4) is 0 Å². The van der Waals surface area contributed by atoms with Gasteiger partial charge in [0, 0.05) is 24.6 Å². The Hall–Kier alpha value is -1.42. The molecule has 3 rings (SSSR count). The topological polar surface area (TPSA) is 29.9 Å². The van der Waals surface area contributed by atoms with Gasteiger partial charge < -0.3 is 9.88 Å². The zero-order valence-electron chi connectivity index (χ0n) is 13.0. The highest BCUT2D eigenvalue weighted by molar-refractivity contribution is 5.76. The molecule has 1 aliphatic heterocycles. The van der Waals surface area contributed by atoms with Crippen molar-refractivity contribution in [2.75, 3.05) is 13.1 Å². The van der Waals surface area contributed by atoms with Crippen LogP contribution in [0.25, 0.3) is 11.0 Å². The number of hydrogen-bond donors (Lipinski definition) is 1. The van der Waals surface area contributed by atoms with Crippen LogP contribution < -0.4 is 5.32 Å². The highest BCUT2D eigenvalue weighted by Gasteiger charge is 2.37. The lowest BCUT2D eigenvalue weighted by atomic mass is 9.76. The quantitative estimate of drug-likeness (QED) is 0.931. The predicted molar refractivity (Wildman–Crippen MR) is 84.1 cm³/mol. The van der Waals surface area contributed by atoms with Gasteiger partial charge in [0.25, 0.3) is 0 Å². The van der Waals surface area contributed by atoms with E-state index in [0.717, 1.165) is 49.3 Å². The van der Waals surface area contributed by atoms with Gasteiger partial charge in [0.1, 0.15) is 11.6 Å². The van der Waals surface area contributed by atoms with E-state index in [9.17, 15) is 4.39 Å². The Morgan fingerprint density at radius 2 is 2.24 bits per heavy atom. The maximum atomic E-state index is 13.5. The van der Waals surface area contributed by atoms with Gasteiger partial charge >= 0.3 is 0 Å². The minimum Gasteiger partial charge on any atom is -0.328 e. The van der Waals surface area contributed by atoms with Crippen LogP contribution in [0.1, 0.15) is 45.4 Å². The minimum atomic E-state index is -0.207. The molecule has 1 aliphatic rings. The first-order chi connectivity index (χ1) is 10.2. The molecule has 21 heavy (non-hydrogen) atoms. The molecule has 0 saturated carbocycles. The van der Waals surface area contributed by atoms with Crippen LogP contribution in [0.4, 0.5) is 4.39 Å². The van der Waals surface area contributed by atoms with E-state index in [4.69, 9.17) is 4.98 Å². The molecule has 1 aromatic carbocycles. The summed E-state index contributed by atoms with van der Waals surface area (Å²) < 4.78 is 15.8. The van der Waals surface area contributed by atoms with Crippen molar-refractivity contribution in [3.05, 3.63) is 29.8 Å². The number of aryl methyl sites for hydroxylation is 1. The lowest BCUT2D eigenvalue weighted by Crippen LogP contribution is -2.45. The van der Waals surface area contributed by atoms with Gasteiger partial charge in [0.05, 0.1) is 11.0 Å². The number of benzene rings is 1. The zero-order chi connectivity index (χ0) is 14.9. The number of piperidine rings is 1. The molecule has 1 atom stereocenters. The lowest BCUT2D eigenvalue weighted by Gasteiger charge is -2.37. The summed E-state index contributed by atoms with van der Waals surface area (Å²) in [5.41, 5.74) is 1.93. The standard InChI is InChI=1S/C17H24FN3/c1-3-8-17(9-5-10-19-12-17)16-20-14-11-13(18)6-7-15(14)21(16)4-2/h6-7,11,19H,3-5,8-10,12H2,1-2H3. The van der Waals surface area contributed by atoms with Gasteiger partial charge in [0.15, 0.2) is 0 Å². The number of halogens is 1. The molecule has 4 heteroatoms. The molecule has 0 spiro atoms. The SMILES string of the molecule is CCCC1(c2nc3cc(F)ccc3n2CC)CCCNC1. The summed E-state index contributed by atoms with van der Waals surface area (Å²) in [6, 6.07) is 4.95. The maximum Gasteiger partial charge on any atom is 0.125 e. The third-order valence-corrected chi connectivity index (χ3v) is 4.70. The fraction of sp³-hybridized carbons (Fsp3) is 0.588. The van der Waals surface area contributed by atoms with Gasteiger partial charge in [-0.3, -0.25) is 0 Å². The van der Waals surface area contributed by atoms with E-state index in [2.05, 4.69) is 23.7 Å². The third-order valence-electron chi connectivity index (χ3n) is 4.70. The molecule has 1 unspecified atom stereocenters. The molecule has 3 nitrogen and oxygen atoms in total. The van der Waals surface area contributed by atoms with E-state index in [1.165, 1.54) is 18.9 Å². The summed E-state index contributed by atoms with van der Waals surface area (Å²) in [7, 11) is 0. The Kier molecular flexibility index (Phi) is 3.98. The number of fused-ring (bicyclic) bond motifs is 1. The van der Waals surface area contributed by atoms with Crippen LogP contribution in [0.15, 0.2) is 18.2 Å². The summed E-state index contributed by atoms with van der Waals surface area (Å²) in [6.07, 6.45) is 4.62. The molecular weight excluding hydrogens is 265 g/mol.